The first-order chi connectivity index (χ1) is 15.5. The fraction of sp³-hybridized carbons (Fsp3) is 0.364. The number of halogens is 1. The lowest BCUT2D eigenvalue weighted by Gasteiger charge is -2.21. The summed E-state index contributed by atoms with van der Waals surface area (Å²) in [6.45, 7) is 2.81. The van der Waals surface area contributed by atoms with E-state index in [1.54, 1.807) is 35.7 Å². The fourth-order valence-electron chi connectivity index (χ4n) is 3.62. The predicted octanol–water partition coefficient (Wildman–Crippen LogP) is 3.81. The lowest BCUT2D eigenvalue weighted by molar-refractivity contribution is -0.132. The molecule has 1 aliphatic heterocycles. The molecular formula is C22H24ClN5O3S. The van der Waals surface area contributed by atoms with Gasteiger partial charge in [0.2, 0.25) is 11.8 Å². The first-order valence-electron chi connectivity index (χ1n) is 10.4. The van der Waals surface area contributed by atoms with Gasteiger partial charge in [0, 0.05) is 50.2 Å². The molecule has 10 heteroatoms. The molecule has 1 aromatic carbocycles. The average Bonchev–Trinajstić information content (AvgIpc) is 3.07. The van der Waals surface area contributed by atoms with Crippen LogP contribution in [0.5, 0.6) is 5.75 Å². The Morgan fingerprint density at radius 3 is 2.88 bits per heavy atom. The molecule has 0 atom stereocenters. The largest absolute Gasteiger partial charge is 0.495 e. The van der Waals surface area contributed by atoms with E-state index in [9.17, 15) is 9.59 Å². The van der Waals surface area contributed by atoms with Crippen LogP contribution < -0.4 is 15.0 Å². The maximum atomic E-state index is 12.7. The molecule has 1 aliphatic rings. The fourth-order valence-corrected chi connectivity index (χ4v) is 4.75. The quantitative estimate of drug-likeness (QED) is 0.585. The van der Waals surface area contributed by atoms with Crippen molar-refractivity contribution in [1.29, 1.82) is 0 Å². The Hall–Kier alpha value is -2.91. The number of carbonyl (C=O) groups is 2. The number of carbonyl (C=O) groups excluding carboxylic acids is 2. The molecule has 0 saturated carbocycles. The number of pyridine rings is 1. The van der Waals surface area contributed by atoms with Gasteiger partial charge in [0.1, 0.15) is 16.1 Å². The number of ether oxygens (including phenoxy) is 1. The Morgan fingerprint density at radius 2 is 2.06 bits per heavy atom. The summed E-state index contributed by atoms with van der Waals surface area (Å²) in [7, 11) is 1.52. The molecule has 1 fully saturated rings. The average molecular weight is 474 g/mol. The van der Waals surface area contributed by atoms with Gasteiger partial charge >= 0.3 is 0 Å². The number of aromatic nitrogens is 2. The highest BCUT2D eigenvalue weighted by molar-refractivity contribution is 7.21. The lowest BCUT2D eigenvalue weighted by Crippen LogP contribution is -2.35. The molecule has 1 saturated heterocycles. The molecule has 32 heavy (non-hydrogen) atoms. The maximum Gasteiger partial charge on any atom is 0.224 e. The van der Waals surface area contributed by atoms with Crippen molar-refractivity contribution in [2.24, 2.45) is 0 Å². The van der Waals surface area contributed by atoms with Crippen LogP contribution in [0.25, 0.3) is 10.3 Å². The Balaban J connectivity index is 1.29. The molecular weight excluding hydrogens is 450 g/mol. The summed E-state index contributed by atoms with van der Waals surface area (Å²) in [4.78, 5) is 39.1. The first-order valence-corrected chi connectivity index (χ1v) is 11.6. The van der Waals surface area contributed by atoms with Crippen LogP contribution in [0.4, 0.5) is 10.8 Å². The third-order valence-corrected chi connectivity index (χ3v) is 6.55. The minimum absolute atomic E-state index is 0.0222. The second-order valence-electron chi connectivity index (χ2n) is 7.44. The van der Waals surface area contributed by atoms with E-state index in [1.165, 1.54) is 7.11 Å². The molecule has 0 unspecified atom stereocenters. The van der Waals surface area contributed by atoms with Crippen LogP contribution in [0.2, 0.25) is 5.02 Å². The summed E-state index contributed by atoms with van der Waals surface area (Å²) < 4.78 is 5.24. The van der Waals surface area contributed by atoms with Crippen molar-refractivity contribution in [3.63, 3.8) is 0 Å². The Kier molecular flexibility index (Phi) is 7.06. The predicted molar refractivity (Wildman–Crippen MR) is 127 cm³/mol. The zero-order valence-corrected chi connectivity index (χ0v) is 19.3. The molecule has 168 valence electrons. The molecule has 1 N–H and O–H groups in total. The zero-order valence-electron chi connectivity index (χ0n) is 17.7. The van der Waals surface area contributed by atoms with Crippen LogP contribution in [0, 0.1) is 0 Å². The number of thiazole rings is 1. The molecule has 3 aromatic rings. The van der Waals surface area contributed by atoms with E-state index in [2.05, 4.69) is 20.2 Å². The SMILES string of the molecule is COc1ccc(Cl)cc1NC(=O)CCC(=O)N1CCCN(c2nc3cccnc3s2)CC1. The number of anilines is 2. The Morgan fingerprint density at radius 1 is 1.19 bits per heavy atom. The van der Waals surface area contributed by atoms with Crippen molar-refractivity contribution in [1.82, 2.24) is 14.9 Å². The van der Waals surface area contributed by atoms with Gasteiger partial charge in [-0.05, 0) is 36.8 Å². The van der Waals surface area contributed by atoms with Gasteiger partial charge in [0.15, 0.2) is 5.13 Å². The second kappa shape index (κ2) is 10.1. The summed E-state index contributed by atoms with van der Waals surface area (Å²) in [5.74, 6) is 0.245. The van der Waals surface area contributed by atoms with Gasteiger partial charge in [-0.15, -0.1) is 0 Å². The molecule has 8 nitrogen and oxygen atoms in total. The molecule has 2 amide bonds. The molecule has 3 heterocycles. The number of methoxy groups -OCH3 is 1. The Labute approximate surface area is 195 Å². The third-order valence-electron chi connectivity index (χ3n) is 5.28. The topological polar surface area (TPSA) is 87.7 Å². The highest BCUT2D eigenvalue weighted by Gasteiger charge is 2.22. The van der Waals surface area contributed by atoms with E-state index in [0.29, 0.717) is 36.1 Å². The van der Waals surface area contributed by atoms with Crippen LogP contribution in [0.1, 0.15) is 19.3 Å². The van der Waals surface area contributed by atoms with E-state index in [4.69, 9.17) is 16.3 Å². The van der Waals surface area contributed by atoms with Gasteiger partial charge in [-0.3, -0.25) is 9.59 Å². The number of nitrogens with zero attached hydrogens (tertiary/aromatic N) is 4. The normalized spacial score (nSPS) is 14.3. The number of rotatable bonds is 6. The van der Waals surface area contributed by atoms with Gasteiger partial charge in [-0.25, -0.2) is 9.97 Å². The summed E-state index contributed by atoms with van der Waals surface area (Å²) in [5.41, 5.74) is 1.39. The van der Waals surface area contributed by atoms with Gasteiger partial charge in [-0.2, -0.15) is 0 Å². The minimum atomic E-state index is -0.252. The van der Waals surface area contributed by atoms with Crippen LogP contribution >= 0.6 is 22.9 Å². The molecule has 2 aromatic heterocycles. The zero-order chi connectivity index (χ0) is 22.5. The van der Waals surface area contributed by atoms with Crippen molar-refractivity contribution in [3.8, 4) is 5.75 Å². The Bertz CT molecular complexity index is 1090. The number of nitrogens with one attached hydrogen (secondary N) is 1. The summed E-state index contributed by atoms with van der Waals surface area (Å²) in [6.07, 6.45) is 2.87. The number of hydrogen-bond donors (Lipinski definition) is 1. The van der Waals surface area contributed by atoms with Crippen molar-refractivity contribution in [3.05, 3.63) is 41.6 Å². The van der Waals surface area contributed by atoms with Crippen molar-refractivity contribution in [2.45, 2.75) is 19.3 Å². The second-order valence-corrected chi connectivity index (χ2v) is 8.83. The minimum Gasteiger partial charge on any atom is -0.495 e. The monoisotopic (exact) mass is 473 g/mol. The van der Waals surface area contributed by atoms with Crippen LogP contribution in [0.3, 0.4) is 0 Å². The van der Waals surface area contributed by atoms with E-state index >= 15 is 0 Å². The van der Waals surface area contributed by atoms with Gasteiger partial charge < -0.3 is 19.9 Å². The molecule has 4 rings (SSSR count). The van der Waals surface area contributed by atoms with E-state index in [1.807, 2.05) is 17.0 Å². The highest BCUT2D eigenvalue weighted by atomic mass is 35.5. The highest BCUT2D eigenvalue weighted by Crippen LogP contribution is 2.29. The number of amides is 2. The van der Waals surface area contributed by atoms with E-state index < -0.39 is 0 Å². The van der Waals surface area contributed by atoms with Gasteiger partial charge in [0.25, 0.3) is 0 Å². The molecule has 0 aliphatic carbocycles. The number of hydrogen-bond acceptors (Lipinski definition) is 7. The number of fused-ring (bicyclic) bond motifs is 1. The molecule has 0 spiro atoms. The van der Waals surface area contributed by atoms with E-state index in [-0.39, 0.29) is 24.7 Å². The summed E-state index contributed by atoms with van der Waals surface area (Å²) in [5, 5.41) is 4.20. The van der Waals surface area contributed by atoms with Crippen molar-refractivity contribution >= 4 is 55.9 Å². The van der Waals surface area contributed by atoms with Crippen LogP contribution in [-0.2, 0) is 9.59 Å². The number of benzene rings is 1. The molecule has 0 radical (unpaired) electrons. The summed E-state index contributed by atoms with van der Waals surface area (Å²) in [6, 6.07) is 8.84. The standard InChI is InChI=1S/C22H24ClN5O3S/c1-31-18-6-5-15(23)14-17(18)25-19(29)7-8-20(30)27-10-3-11-28(13-12-27)22-26-16-4-2-9-24-21(16)32-22/h2,4-6,9,14H,3,7-8,10-13H2,1H3,(H,25,29). The van der Waals surface area contributed by atoms with E-state index in [0.717, 1.165) is 28.4 Å². The van der Waals surface area contributed by atoms with Crippen LogP contribution in [-0.4, -0.2) is 60.0 Å². The summed E-state index contributed by atoms with van der Waals surface area (Å²) >= 11 is 7.57. The van der Waals surface area contributed by atoms with Crippen molar-refractivity contribution in [2.75, 3.05) is 43.5 Å². The smallest absolute Gasteiger partial charge is 0.224 e. The van der Waals surface area contributed by atoms with Crippen molar-refractivity contribution < 1.29 is 14.3 Å². The van der Waals surface area contributed by atoms with Gasteiger partial charge in [0.05, 0.1) is 12.8 Å². The third kappa shape index (κ3) is 5.28. The molecule has 0 bridgehead atoms. The maximum absolute atomic E-state index is 12.7. The van der Waals surface area contributed by atoms with Crippen LogP contribution in [0.15, 0.2) is 36.5 Å². The first kappa shape index (κ1) is 22.3. The van der Waals surface area contributed by atoms with Gasteiger partial charge in [-0.1, -0.05) is 22.9 Å². The lowest BCUT2D eigenvalue weighted by atomic mass is 10.2.